The van der Waals surface area contributed by atoms with Gasteiger partial charge in [0.05, 0.1) is 5.60 Å². The first kappa shape index (κ1) is 12.0. The van der Waals surface area contributed by atoms with Crippen molar-refractivity contribution in [1.29, 1.82) is 0 Å². The van der Waals surface area contributed by atoms with Gasteiger partial charge in [-0.05, 0) is 26.7 Å². The molecule has 0 saturated heterocycles. The lowest BCUT2D eigenvalue weighted by atomic mass is 9.87. The van der Waals surface area contributed by atoms with Crippen LogP contribution >= 0.6 is 0 Å². The average molecular weight is 201 g/mol. The number of aliphatic hydroxyl groups is 2. The summed E-state index contributed by atoms with van der Waals surface area (Å²) in [4.78, 5) is 0. The van der Waals surface area contributed by atoms with Crippen molar-refractivity contribution >= 4 is 0 Å². The minimum atomic E-state index is -0.657. The van der Waals surface area contributed by atoms with Crippen LogP contribution < -0.4 is 5.32 Å². The number of hydrogen-bond donors (Lipinski definition) is 3. The van der Waals surface area contributed by atoms with Crippen LogP contribution in [0.5, 0.6) is 0 Å². The third-order valence-electron chi connectivity index (χ3n) is 3.06. The molecule has 0 heterocycles. The molecule has 1 aliphatic rings. The minimum absolute atomic E-state index is 0.0885. The molecule has 0 aliphatic heterocycles. The summed E-state index contributed by atoms with van der Waals surface area (Å²) in [5, 5.41) is 22.1. The molecule has 0 aromatic rings. The molecule has 1 aliphatic carbocycles. The predicted molar refractivity (Wildman–Crippen MR) is 57.2 cm³/mol. The first-order valence-corrected chi connectivity index (χ1v) is 5.51. The summed E-state index contributed by atoms with van der Waals surface area (Å²) in [6, 6.07) is 0. The number of nitrogens with one attached hydrogen (secondary N) is 1. The van der Waals surface area contributed by atoms with Crippen molar-refractivity contribution in [3.8, 4) is 0 Å². The smallest absolute Gasteiger partial charge is 0.0715 e. The van der Waals surface area contributed by atoms with Crippen LogP contribution in [-0.4, -0.2) is 35.5 Å². The zero-order valence-electron chi connectivity index (χ0n) is 9.34. The van der Waals surface area contributed by atoms with Crippen LogP contribution in [0.1, 0.15) is 39.5 Å². The molecule has 0 spiro atoms. The summed E-state index contributed by atoms with van der Waals surface area (Å²) in [5.74, 6) is 0. The van der Waals surface area contributed by atoms with Crippen LogP contribution in [0.4, 0.5) is 0 Å². The maximum atomic E-state index is 9.52. The van der Waals surface area contributed by atoms with Gasteiger partial charge in [-0.25, -0.2) is 0 Å². The Kier molecular flexibility index (Phi) is 3.93. The molecule has 14 heavy (non-hydrogen) atoms. The van der Waals surface area contributed by atoms with Crippen molar-refractivity contribution < 1.29 is 10.2 Å². The molecule has 0 unspecified atom stereocenters. The van der Waals surface area contributed by atoms with E-state index < -0.39 is 5.60 Å². The molecule has 84 valence electrons. The van der Waals surface area contributed by atoms with Crippen LogP contribution in [0.15, 0.2) is 0 Å². The van der Waals surface area contributed by atoms with Crippen molar-refractivity contribution in [2.24, 2.45) is 5.41 Å². The Labute approximate surface area is 86.5 Å². The average Bonchev–Trinajstić information content (AvgIpc) is 2.52. The summed E-state index contributed by atoms with van der Waals surface area (Å²) in [6.45, 7) is 5.27. The highest BCUT2D eigenvalue weighted by Gasteiger charge is 2.32. The molecule has 0 aromatic carbocycles. The zero-order chi connectivity index (χ0) is 10.7. The molecule has 1 rings (SSSR count). The zero-order valence-corrected chi connectivity index (χ0v) is 9.34. The predicted octanol–water partition coefficient (Wildman–Crippen LogP) is 0.900. The molecule has 3 nitrogen and oxygen atoms in total. The van der Waals surface area contributed by atoms with Crippen molar-refractivity contribution in [2.75, 3.05) is 19.7 Å². The van der Waals surface area contributed by atoms with Crippen LogP contribution in [0.2, 0.25) is 0 Å². The van der Waals surface area contributed by atoms with E-state index in [0.717, 1.165) is 19.4 Å². The lowest BCUT2D eigenvalue weighted by Gasteiger charge is -2.28. The van der Waals surface area contributed by atoms with Gasteiger partial charge in [0.25, 0.3) is 0 Å². The summed E-state index contributed by atoms with van der Waals surface area (Å²) < 4.78 is 0. The van der Waals surface area contributed by atoms with E-state index in [0.29, 0.717) is 6.54 Å². The van der Waals surface area contributed by atoms with Crippen LogP contribution in [0.25, 0.3) is 0 Å². The lowest BCUT2D eigenvalue weighted by molar-refractivity contribution is 0.0686. The Bertz CT molecular complexity index is 169. The van der Waals surface area contributed by atoms with Crippen molar-refractivity contribution in [1.82, 2.24) is 5.32 Å². The molecule has 3 N–H and O–H groups in total. The first-order valence-electron chi connectivity index (χ1n) is 5.51. The van der Waals surface area contributed by atoms with Gasteiger partial charge in [-0.3, -0.25) is 0 Å². The third-order valence-corrected chi connectivity index (χ3v) is 3.06. The van der Waals surface area contributed by atoms with E-state index in [1.165, 1.54) is 12.8 Å². The van der Waals surface area contributed by atoms with Gasteiger partial charge in [0.1, 0.15) is 0 Å². The quantitative estimate of drug-likeness (QED) is 0.619. The van der Waals surface area contributed by atoms with Crippen molar-refractivity contribution in [2.45, 2.75) is 45.1 Å². The number of aliphatic hydroxyl groups excluding tert-OH is 1. The molecule has 0 amide bonds. The largest absolute Gasteiger partial charge is 0.396 e. The van der Waals surface area contributed by atoms with Gasteiger partial charge >= 0.3 is 0 Å². The minimum Gasteiger partial charge on any atom is -0.396 e. The van der Waals surface area contributed by atoms with E-state index in [1.54, 1.807) is 13.8 Å². The molecule has 3 heteroatoms. The normalized spacial score (nSPS) is 21.4. The fourth-order valence-corrected chi connectivity index (χ4v) is 2.15. The maximum Gasteiger partial charge on any atom is 0.0715 e. The molecular formula is C11H23NO2. The Morgan fingerprint density at radius 2 is 1.86 bits per heavy atom. The van der Waals surface area contributed by atoms with E-state index >= 15 is 0 Å². The van der Waals surface area contributed by atoms with Crippen LogP contribution in [0.3, 0.4) is 0 Å². The first-order chi connectivity index (χ1) is 6.47. The number of rotatable bonds is 5. The number of hydrogen-bond acceptors (Lipinski definition) is 3. The van der Waals surface area contributed by atoms with E-state index in [-0.39, 0.29) is 12.0 Å². The maximum absolute atomic E-state index is 9.52. The highest BCUT2D eigenvalue weighted by atomic mass is 16.3. The van der Waals surface area contributed by atoms with Gasteiger partial charge in [-0.1, -0.05) is 12.8 Å². The second-order valence-electron chi connectivity index (χ2n) is 5.28. The molecule has 1 fully saturated rings. The summed E-state index contributed by atoms with van der Waals surface area (Å²) in [6.07, 6.45) is 4.68. The lowest BCUT2D eigenvalue weighted by Crippen LogP contribution is -2.41. The molecule has 1 saturated carbocycles. The monoisotopic (exact) mass is 201 g/mol. The molecule has 0 radical (unpaired) electrons. The van der Waals surface area contributed by atoms with Crippen LogP contribution in [0, 0.1) is 5.41 Å². The standard InChI is InChI=1S/C11H23NO2/c1-10(2,14)7-12-8-11(9-13)5-3-4-6-11/h12-14H,3-9H2,1-2H3. The fourth-order valence-electron chi connectivity index (χ4n) is 2.15. The molecule has 0 aromatic heterocycles. The van der Waals surface area contributed by atoms with Gasteiger partial charge in [0.2, 0.25) is 0 Å². The van der Waals surface area contributed by atoms with E-state index in [2.05, 4.69) is 5.32 Å². The van der Waals surface area contributed by atoms with Crippen molar-refractivity contribution in [3.63, 3.8) is 0 Å². The van der Waals surface area contributed by atoms with Gasteiger partial charge in [-0.2, -0.15) is 0 Å². The summed E-state index contributed by atoms with van der Waals surface area (Å²) in [5.41, 5.74) is -0.569. The van der Waals surface area contributed by atoms with Crippen LogP contribution in [-0.2, 0) is 0 Å². The second-order valence-corrected chi connectivity index (χ2v) is 5.28. The fraction of sp³-hybridized carbons (Fsp3) is 1.00. The summed E-state index contributed by atoms with van der Waals surface area (Å²) >= 11 is 0. The van der Waals surface area contributed by atoms with Gasteiger partial charge in [0, 0.05) is 25.1 Å². The highest BCUT2D eigenvalue weighted by molar-refractivity contribution is 4.86. The molecule has 0 atom stereocenters. The molecule has 0 bridgehead atoms. The third kappa shape index (κ3) is 3.56. The Morgan fingerprint density at radius 1 is 1.29 bits per heavy atom. The van der Waals surface area contributed by atoms with E-state index in [1.807, 2.05) is 0 Å². The van der Waals surface area contributed by atoms with Gasteiger partial charge in [0.15, 0.2) is 0 Å². The summed E-state index contributed by atoms with van der Waals surface area (Å²) in [7, 11) is 0. The van der Waals surface area contributed by atoms with E-state index in [4.69, 9.17) is 0 Å². The van der Waals surface area contributed by atoms with Gasteiger partial charge in [-0.15, -0.1) is 0 Å². The topological polar surface area (TPSA) is 52.5 Å². The Hall–Kier alpha value is -0.120. The SMILES string of the molecule is CC(C)(O)CNCC1(CO)CCCC1. The van der Waals surface area contributed by atoms with Gasteiger partial charge < -0.3 is 15.5 Å². The second kappa shape index (κ2) is 4.60. The van der Waals surface area contributed by atoms with Crippen molar-refractivity contribution in [3.05, 3.63) is 0 Å². The highest BCUT2D eigenvalue weighted by Crippen LogP contribution is 2.36. The van der Waals surface area contributed by atoms with E-state index in [9.17, 15) is 10.2 Å². The molecular weight excluding hydrogens is 178 g/mol. The Morgan fingerprint density at radius 3 is 2.29 bits per heavy atom. The Balaban J connectivity index is 2.28.